The third kappa shape index (κ3) is 3.21. The van der Waals surface area contributed by atoms with Gasteiger partial charge >= 0.3 is 5.97 Å². The highest BCUT2D eigenvalue weighted by atomic mass is 16.5. The summed E-state index contributed by atoms with van der Waals surface area (Å²) < 4.78 is 5.67. The van der Waals surface area contributed by atoms with Crippen LogP contribution in [0.5, 0.6) is 0 Å². The number of rotatable bonds is 5. The van der Waals surface area contributed by atoms with Crippen LogP contribution in [0, 0.1) is 5.92 Å². The fourth-order valence-corrected chi connectivity index (χ4v) is 2.67. The molecule has 1 saturated carbocycles. The Kier molecular flexibility index (Phi) is 4.78. The number of aliphatic carboxylic acids is 1. The minimum atomic E-state index is -0.904. The maximum atomic E-state index is 11.4. The fraction of sp³-hybridized carbons (Fsp3) is 0.923. The predicted octanol–water partition coefficient (Wildman–Crippen LogP) is 3.23. The van der Waals surface area contributed by atoms with Crippen molar-refractivity contribution in [3.63, 3.8) is 0 Å². The van der Waals surface area contributed by atoms with E-state index in [4.69, 9.17) is 4.74 Å². The van der Waals surface area contributed by atoms with E-state index >= 15 is 0 Å². The van der Waals surface area contributed by atoms with Gasteiger partial charge in [0.2, 0.25) is 0 Å². The minimum absolute atomic E-state index is 0.0150. The summed E-state index contributed by atoms with van der Waals surface area (Å²) in [7, 11) is 0. The number of hydrogen-bond acceptors (Lipinski definition) is 2. The van der Waals surface area contributed by atoms with Crippen LogP contribution in [0.2, 0.25) is 0 Å². The van der Waals surface area contributed by atoms with Gasteiger partial charge in [-0.05, 0) is 45.4 Å². The summed E-state index contributed by atoms with van der Waals surface area (Å²) in [6.45, 7) is 6.00. The normalized spacial score (nSPS) is 30.6. The molecule has 0 spiro atoms. The third-order valence-electron chi connectivity index (χ3n) is 3.46. The summed E-state index contributed by atoms with van der Waals surface area (Å²) in [5.41, 5.74) is -0.904. The van der Waals surface area contributed by atoms with Gasteiger partial charge in [0.25, 0.3) is 0 Å². The molecular formula is C13H24O3. The van der Waals surface area contributed by atoms with Crippen LogP contribution in [0.15, 0.2) is 0 Å². The number of ether oxygens (including phenoxy) is 1. The fourth-order valence-electron chi connectivity index (χ4n) is 2.67. The van der Waals surface area contributed by atoms with Gasteiger partial charge in [-0.2, -0.15) is 0 Å². The Bertz CT molecular complexity index is 227. The molecule has 16 heavy (non-hydrogen) atoms. The van der Waals surface area contributed by atoms with Gasteiger partial charge in [-0.3, -0.25) is 0 Å². The quantitative estimate of drug-likeness (QED) is 0.785. The molecule has 0 heterocycles. The lowest BCUT2D eigenvalue weighted by molar-refractivity contribution is -0.179. The second kappa shape index (κ2) is 5.67. The van der Waals surface area contributed by atoms with E-state index in [1.54, 1.807) is 0 Å². The molecule has 0 saturated heterocycles. The average molecular weight is 228 g/mol. The summed E-state index contributed by atoms with van der Waals surface area (Å²) in [5.74, 6) is -0.0793. The SMILES string of the molecule is CCCC1CCC(OC(C)C)(C(=O)O)CC1. The Balaban J connectivity index is 2.59. The lowest BCUT2D eigenvalue weighted by Crippen LogP contribution is -2.46. The summed E-state index contributed by atoms with van der Waals surface area (Å²) >= 11 is 0. The van der Waals surface area contributed by atoms with Crippen molar-refractivity contribution in [1.82, 2.24) is 0 Å². The zero-order valence-electron chi connectivity index (χ0n) is 10.7. The van der Waals surface area contributed by atoms with Crippen molar-refractivity contribution in [3.8, 4) is 0 Å². The largest absolute Gasteiger partial charge is 0.479 e. The van der Waals surface area contributed by atoms with Crippen molar-refractivity contribution in [2.75, 3.05) is 0 Å². The van der Waals surface area contributed by atoms with E-state index in [0.29, 0.717) is 18.8 Å². The Hall–Kier alpha value is -0.570. The van der Waals surface area contributed by atoms with Crippen molar-refractivity contribution < 1.29 is 14.6 Å². The van der Waals surface area contributed by atoms with E-state index in [1.807, 2.05) is 13.8 Å². The van der Waals surface area contributed by atoms with Gasteiger partial charge in [-0.1, -0.05) is 19.8 Å². The van der Waals surface area contributed by atoms with Crippen LogP contribution in [-0.4, -0.2) is 22.8 Å². The molecule has 1 aliphatic rings. The second-order valence-electron chi connectivity index (χ2n) is 5.20. The molecule has 0 aromatic rings. The molecule has 0 unspecified atom stereocenters. The van der Waals surface area contributed by atoms with Gasteiger partial charge in [0.15, 0.2) is 5.60 Å². The van der Waals surface area contributed by atoms with Gasteiger partial charge in [-0.15, -0.1) is 0 Å². The molecule has 94 valence electrons. The van der Waals surface area contributed by atoms with Crippen molar-refractivity contribution in [2.24, 2.45) is 5.92 Å². The molecular weight excluding hydrogens is 204 g/mol. The van der Waals surface area contributed by atoms with Crippen LogP contribution < -0.4 is 0 Å². The highest BCUT2D eigenvalue weighted by Gasteiger charge is 2.43. The van der Waals surface area contributed by atoms with Crippen molar-refractivity contribution >= 4 is 5.97 Å². The maximum absolute atomic E-state index is 11.4. The van der Waals surface area contributed by atoms with Crippen molar-refractivity contribution in [2.45, 2.75) is 71.0 Å². The van der Waals surface area contributed by atoms with E-state index in [9.17, 15) is 9.90 Å². The van der Waals surface area contributed by atoms with E-state index in [1.165, 1.54) is 12.8 Å². The summed E-state index contributed by atoms with van der Waals surface area (Å²) in [4.78, 5) is 11.4. The predicted molar refractivity (Wildman–Crippen MR) is 63.5 cm³/mol. The van der Waals surface area contributed by atoms with E-state index in [2.05, 4.69) is 6.92 Å². The Labute approximate surface area is 98.2 Å². The summed E-state index contributed by atoms with van der Waals surface area (Å²) in [5, 5.41) is 9.33. The van der Waals surface area contributed by atoms with Crippen LogP contribution in [0.1, 0.15) is 59.3 Å². The first-order valence-electron chi connectivity index (χ1n) is 6.41. The molecule has 0 amide bonds. The molecule has 0 aromatic heterocycles. The van der Waals surface area contributed by atoms with Crippen molar-refractivity contribution in [1.29, 1.82) is 0 Å². The second-order valence-corrected chi connectivity index (χ2v) is 5.20. The first-order valence-corrected chi connectivity index (χ1v) is 6.41. The highest BCUT2D eigenvalue weighted by Crippen LogP contribution is 2.37. The Morgan fingerprint density at radius 1 is 1.44 bits per heavy atom. The van der Waals surface area contributed by atoms with Gasteiger partial charge < -0.3 is 9.84 Å². The molecule has 1 fully saturated rings. The molecule has 0 bridgehead atoms. The lowest BCUT2D eigenvalue weighted by atomic mass is 9.77. The Morgan fingerprint density at radius 2 is 2.00 bits per heavy atom. The lowest BCUT2D eigenvalue weighted by Gasteiger charge is -2.37. The minimum Gasteiger partial charge on any atom is -0.479 e. The molecule has 1 rings (SSSR count). The number of carboxylic acid groups (broad SMARTS) is 1. The molecule has 0 aromatic carbocycles. The van der Waals surface area contributed by atoms with Crippen LogP contribution in [0.4, 0.5) is 0 Å². The average Bonchev–Trinajstić information content (AvgIpc) is 2.20. The summed E-state index contributed by atoms with van der Waals surface area (Å²) in [6, 6.07) is 0. The van der Waals surface area contributed by atoms with Gasteiger partial charge in [0.1, 0.15) is 0 Å². The zero-order valence-corrected chi connectivity index (χ0v) is 10.7. The van der Waals surface area contributed by atoms with Gasteiger partial charge in [-0.25, -0.2) is 4.79 Å². The zero-order chi connectivity index (χ0) is 12.2. The maximum Gasteiger partial charge on any atom is 0.335 e. The van der Waals surface area contributed by atoms with Gasteiger partial charge in [0, 0.05) is 0 Å². The van der Waals surface area contributed by atoms with Crippen LogP contribution in [0.3, 0.4) is 0 Å². The molecule has 1 aliphatic carbocycles. The number of carboxylic acids is 1. The first kappa shape index (κ1) is 13.5. The molecule has 0 aliphatic heterocycles. The molecule has 1 N–H and O–H groups in total. The summed E-state index contributed by atoms with van der Waals surface area (Å²) in [6.07, 6.45) is 5.72. The highest BCUT2D eigenvalue weighted by molar-refractivity contribution is 5.77. The monoisotopic (exact) mass is 228 g/mol. The van der Waals surface area contributed by atoms with E-state index < -0.39 is 11.6 Å². The molecule has 3 heteroatoms. The van der Waals surface area contributed by atoms with E-state index in [-0.39, 0.29) is 6.10 Å². The smallest absolute Gasteiger partial charge is 0.335 e. The topological polar surface area (TPSA) is 46.5 Å². The standard InChI is InChI=1S/C13H24O3/c1-4-5-11-6-8-13(9-7-11,12(14)15)16-10(2)3/h10-11H,4-9H2,1-3H3,(H,14,15). The van der Waals surface area contributed by atoms with Crippen LogP contribution in [0.25, 0.3) is 0 Å². The van der Waals surface area contributed by atoms with Crippen LogP contribution >= 0.6 is 0 Å². The van der Waals surface area contributed by atoms with E-state index in [0.717, 1.165) is 12.8 Å². The molecule has 0 atom stereocenters. The first-order chi connectivity index (χ1) is 7.50. The van der Waals surface area contributed by atoms with Gasteiger partial charge in [0.05, 0.1) is 6.10 Å². The molecule has 3 nitrogen and oxygen atoms in total. The number of hydrogen-bond donors (Lipinski definition) is 1. The third-order valence-corrected chi connectivity index (χ3v) is 3.46. The Morgan fingerprint density at radius 3 is 2.38 bits per heavy atom. The van der Waals surface area contributed by atoms with Crippen molar-refractivity contribution in [3.05, 3.63) is 0 Å². The molecule has 0 radical (unpaired) electrons. The number of carbonyl (C=O) groups is 1. The van der Waals surface area contributed by atoms with Crippen LogP contribution in [-0.2, 0) is 9.53 Å².